The van der Waals surface area contributed by atoms with Gasteiger partial charge in [0.15, 0.2) is 16.6 Å². The van der Waals surface area contributed by atoms with Crippen molar-refractivity contribution in [1.29, 1.82) is 0 Å². The minimum Gasteiger partial charge on any atom is -0.454 e. The fourth-order valence-electron chi connectivity index (χ4n) is 2.62. The molecule has 2 heterocycles. The van der Waals surface area contributed by atoms with Crippen molar-refractivity contribution in [3.05, 3.63) is 34.8 Å². The van der Waals surface area contributed by atoms with Gasteiger partial charge in [0.25, 0.3) is 0 Å². The second kappa shape index (κ2) is 7.06. The van der Waals surface area contributed by atoms with Crippen LogP contribution in [0.3, 0.4) is 0 Å². The van der Waals surface area contributed by atoms with Gasteiger partial charge in [0.05, 0.1) is 5.69 Å². The Balaban J connectivity index is 1.65. The van der Waals surface area contributed by atoms with Crippen LogP contribution in [0.2, 0.25) is 0 Å². The first-order chi connectivity index (χ1) is 11.5. The number of ether oxygens (including phenoxy) is 2. The van der Waals surface area contributed by atoms with Crippen LogP contribution < -0.4 is 20.5 Å². The summed E-state index contributed by atoms with van der Waals surface area (Å²) in [5, 5.41) is 5.41. The van der Waals surface area contributed by atoms with Gasteiger partial charge >= 0.3 is 0 Å². The molecular formula is C16H20N4O3S. The van der Waals surface area contributed by atoms with Crippen LogP contribution in [0, 0.1) is 0 Å². The monoisotopic (exact) mass is 348 g/mol. The van der Waals surface area contributed by atoms with Crippen molar-refractivity contribution in [2.45, 2.75) is 12.5 Å². The molecule has 0 spiro atoms. The number of nitrogens with one attached hydrogen (secondary N) is 1. The minimum absolute atomic E-state index is 0.0675. The molecule has 8 heteroatoms. The van der Waals surface area contributed by atoms with Gasteiger partial charge in [-0.05, 0) is 31.8 Å². The average Bonchev–Trinajstić information content (AvgIpc) is 3.15. The number of carbonyl (C=O) groups excluding carboxylic acids is 1. The molecule has 0 saturated carbocycles. The van der Waals surface area contributed by atoms with Gasteiger partial charge in [-0.1, -0.05) is 6.07 Å². The van der Waals surface area contributed by atoms with Gasteiger partial charge in [-0.15, -0.1) is 11.3 Å². The van der Waals surface area contributed by atoms with Crippen molar-refractivity contribution in [2.75, 3.05) is 33.2 Å². The number of rotatable bonds is 6. The number of carbonyl (C=O) groups is 1. The zero-order valence-corrected chi connectivity index (χ0v) is 14.4. The summed E-state index contributed by atoms with van der Waals surface area (Å²) in [7, 11) is 3.74. The average molecular weight is 348 g/mol. The maximum Gasteiger partial charge on any atom is 0.241 e. The van der Waals surface area contributed by atoms with Gasteiger partial charge in [-0.3, -0.25) is 9.69 Å². The molecule has 1 aromatic heterocycles. The summed E-state index contributed by atoms with van der Waals surface area (Å²) < 4.78 is 10.7. The Morgan fingerprint density at radius 2 is 2.21 bits per heavy atom. The molecule has 1 atom stereocenters. The molecule has 2 aromatic rings. The van der Waals surface area contributed by atoms with Gasteiger partial charge in [-0.25, -0.2) is 4.98 Å². The number of hydrogen-bond acceptors (Lipinski definition) is 7. The molecular weight excluding hydrogens is 328 g/mol. The minimum atomic E-state index is -0.403. The Bertz CT molecular complexity index is 732. The molecule has 1 aliphatic rings. The van der Waals surface area contributed by atoms with E-state index in [1.165, 1.54) is 11.3 Å². The molecule has 0 aliphatic carbocycles. The number of likely N-dealkylation sites (N-methyl/N-ethyl adjacent to an activating group) is 1. The standard InChI is InChI=1S/C16H20N4O3S/c1-20(2)14(10-3-4-12-13(7-10)23-9-22-12)15(21)18-6-5-11-8-24-16(17)19-11/h3-4,7-8,14H,5-6,9H2,1-2H3,(H2,17,19)(H,18,21)/t14-/m1/s1. The molecule has 24 heavy (non-hydrogen) atoms. The lowest BCUT2D eigenvalue weighted by molar-refractivity contribution is -0.125. The number of nitrogen functional groups attached to an aromatic ring is 1. The lowest BCUT2D eigenvalue weighted by atomic mass is 10.0. The number of fused-ring (bicyclic) bond motifs is 1. The van der Waals surface area contributed by atoms with E-state index in [1.807, 2.05) is 42.6 Å². The van der Waals surface area contributed by atoms with E-state index in [4.69, 9.17) is 15.2 Å². The Labute approximate surface area is 144 Å². The number of thiazole rings is 1. The quantitative estimate of drug-likeness (QED) is 0.820. The van der Waals surface area contributed by atoms with Gasteiger partial charge in [0.1, 0.15) is 6.04 Å². The highest BCUT2D eigenvalue weighted by Gasteiger charge is 2.25. The second-order valence-corrected chi connectivity index (χ2v) is 6.59. The van der Waals surface area contributed by atoms with Gasteiger partial charge in [-0.2, -0.15) is 0 Å². The molecule has 3 N–H and O–H groups in total. The van der Waals surface area contributed by atoms with Crippen molar-refractivity contribution in [3.63, 3.8) is 0 Å². The molecule has 3 rings (SSSR count). The summed E-state index contributed by atoms with van der Waals surface area (Å²) in [6.07, 6.45) is 0.653. The Hall–Kier alpha value is -2.32. The maximum absolute atomic E-state index is 12.6. The van der Waals surface area contributed by atoms with E-state index in [9.17, 15) is 4.79 Å². The summed E-state index contributed by atoms with van der Waals surface area (Å²) in [6, 6.07) is 5.17. The van der Waals surface area contributed by atoms with E-state index in [-0.39, 0.29) is 12.7 Å². The first-order valence-electron chi connectivity index (χ1n) is 7.58. The lowest BCUT2D eigenvalue weighted by Crippen LogP contribution is -2.37. The van der Waals surface area contributed by atoms with Crippen LogP contribution >= 0.6 is 11.3 Å². The molecule has 1 amide bonds. The fraction of sp³-hybridized carbons (Fsp3) is 0.375. The molecule has 1 aromatic carbocycles. The van der Waals surface area contributed by atoms with Crippen LogP contribution in [-0.4, -0.2) is 43.2 Å². The number of nitrogens with two attached hydrogens (primary N) is 1. The first kappa shape index (κ1) is 16.5. The zero-order valence-electron chi connectivity index (χ0n) is 13.6. The van der Waals surface area contributed by atoms with Crippen molar-refractivity contribution in [3.8, 4) is 11.5 Å². The van der Waals surface area contributed by atoms with E-state index < -0.39 is 6.04 Å². The highest BCUT2D eigenvalue weighted by atomic mass is 32.1. The Morgan fingerprint density at radius 3 is 2.92 bits per heavy atom. The van der Waals surface area contributed by atoms with Crippen LogP contribution in [0.25, 0.3) is 0 Å². The van der Waals surface area contributed by atoms with Crippen molar-refractivity contribution in [1.82, 2.24) is 15.2 Å². The summed E-state index contributed by atoms with van der Waals surface area (Å²) in [6.45, 7) is 0.727. The van der Waals surface area contributed by atoms with Gasteiger partial charge in [0, 0.05) is 18.3 Å². The number of amides is 1. The third-order valence-corrected chi connectivity index (χ3v) is 4.45. The first-order valence-corrected chi connectivity index (χ1v) is 8.46. The number of benzene rings is 1. The van der Waals surface area contributed by atoms with Crippen LogP contribution in [-0.2, 0) is 11.2 Å². The number of hydrogen-bond donors (Lipinski definition) is 2. The van der Waals surface area contributed by atoms with Gasteiger partial charge < -0.3 is 20.5 Å². The second-order valence-electron chi connectivity index (χ2n) is 5.70. The normalized spacial score (nSPS) is 14.0. The van der Waals surface area contributed by atoms with Crippen molar-refractivity contribution < 1.29 is 14.3 Å². The van der Waals surface area contributed by atoms with Crippen LogP contribution in [0.5, 0.6) is 11.5 Å². The Morgan fingerprint density at radius 1 is 1.42 bits per heavy atom. The predicted molar refractivity (Wildman–Crippen MR) is 92.2 cm³/mol. The molecule has 0 unspecified atom stereocenters. The molecule has 128 valence electrons. The fourth-order valence-corrected chi connectivity index (χ4v) is 3.21. The molecule has 0 fully saturated rings. The lowest BCUT2D eigenvalue weighted by Gasteiger charge is -2.24. The van der Waals surface area contributed by atoms with E-state index in [2.05, 4.69) is 10.3 Å². The summed E-state index contributed by atoms with van der Waals surface area (Å²) >= 11 is 1.40. The van der Waals surface area contributed by atoms with E-state index in [0.717, 1.165) is 11.3 Å². The van der Waals surface area contributed by atoms with E-state index in [0.29, 0.717) is 29.6 Å². The van der Waals surface area contributed by atoms with Gasteiger partial charge in [0.2, 0.25) is 12.7 Å². The van der Waals surface area contributed by atoms with E-state index >= 15 is 0 Å². The molecule has 1 aliphatic heterocycles. The molecule has 7 nitrogen and oxygen atoms in total. The summed E-state index contributed by atoms with van der Waals surface area (Å²) in [5.74, 6) is 1.31. The van der Waals surface area contributed by atoms with E-state index in [1.54, 1.807) is 0 Å². The van der Waals surface area contributed by atoms with Crippen LogP contribution in [0.15, 0.2) is 23.6 Å². The maximum atomic E-state index is 12.6. The largest absolute Gasteiger partial charge is 0.454 e. The third kappa shape index (κ3) is 3.60. The Kier molecular flexibility index (Phi) is 4.86. The van der Waals surface area contributed by atoms with Crippen LogP contribution in [0.1, 0.15) is 17.3 Å². The predicted octanol–water partition coefficient (Wildman–Crippen LogP) is 1.42. The topological polar surface area (TPSA) is 89.7 Å². The summed E-state index contributed by atoms with van der Waals surface area (Å²) in [5.41, 5.74) is 7.36. The van der Waals surface area contributed by atoms with Crippen molar-refractivity contribution >= 4 is 22.4 Å². The SMILES string of the molecule is CN(C)[C@@H](C(=O)NCCc1csc(N)n1)c1ccc2c(c1)OCO2. The summed E-state index contributed by atoms with van der Waals surface area (Å²) in [4.78, 5) is 18.7. The smallest absolute Gasteiger partial charge is 0.241 e. The number of nitrogens with zero attached hydrogens (tertiary/aromatic N) is 2. The highest BCUT2D eigenvalue weighted by Crippen LogP contribution is 2.35. The molecule has 0 radical (unpaired) electrons. The highest BCUT2D eigenvalue weighted by molar-refractivity contribution is 7.13. The molecule has 0 saturated heterocycles. The number of anilines is 1. The van der Waals surface area contributed by atoms with Crippen molar-refractivity contribution in [2.24, 2.45) is 0 Å². The molecule has 0 bridgehead atoms. The third-order valence-electron chi connectivity index (χ3n) is 3.73. The zero-order chi connectivity index (χ0) is 17.1. The number of aromatic nitrogens is 1. The van der Waals surface area contributed by atoms with Crippen LogP contribution in [0.4, 0.5) is 5.13 Å².